The van der Waals surface area contributed by atoms with Crippen LogP contribution in [0.4, 0.5) is 8.78 Å². The highest BCUT2D eigenvalue weighted by atomic mass is 19.1. The van der Waals surface area contributed by atoms with Crippen LogP contribution in [0.5, 0.6) is 0 Å². The van der Waals surface area contributed by atoms with Crippen LogP contribution in [0.1, 0.15) is 0 Å². The van der Waals surface area contributed by atoms with E-state index >= 15 is 0 Å². The highest BCUT2D eigenvalue weighted by Crippen LogP contribution is 2.35. The van der Waals surface area contributed by atoms with Crippen molar-refractivity contribution in [3.8, 4) is 11.4 Å². The molecule has 34 heavy (non-hydrogen) atoms. The van der Waals surface area contributed by atoms with Gasteiger partial charge >= 0.3 is 0 Å². The molecule has 7 rings (SSSR count). The molecular weight excluding hydrogens is 432 g/mol. The molecule has 5 nitrogen and oxygen atoms in total. The molecule has 0 amide bonds. The maximum Gasteiger partial charge on any atom is 0.168 e. The predicted octanol–water partition coefficient (Wildman–Crippen LogP) is 6.34. The molecule has 0 saturated carbocycles. The molecule has 4 heterocycles. The third-order valence-electron chi connectivity index (χ3n) is 6.07. The van der Waals surface area contributed by atoms with Crippen LogP contribution in [0.25, 0.3) is 55.6 Å². The van der Waals surface area contributed by atoms with Crippen molar-refractivity contribution in [2.45, 2.75) is 0 Å². The Morgan fingerprint density at radius 3 is 1.94 bits per heavy atom. The quantitative estimate of drug-likeness (QED) is 0.311. The zero-order valence-corrected chi connectivity index (χ0v) is 17.7. The minimum atomic E-state index is -0.348. The Morgan fingerprint density at radius 1 is 0.559 bits per heavy atom. The number of aromatic nitrogens is 5. The van der Waals surface area contributed by atoms with Gasteiger partial charge in [-0.3, -0.25) is 14.1 Å². The minimum absolute atomic E-state index is 0.337. The molecular formula is C27H15F2N5. The van der Waals surface area contributed by atoms with Crippen LogP contribution in [0.15, 0.2) is 91.1 Å². The fourth-order valence-corrected chi connectivity index (χ4v) is 4.68. The fourth-order valence-electron chi connectivity index (χ4n) is 4.68. The second-order valence-corrected chi connectivity index (χ2v) is 8.09. The van der Waals surface area contributed by atoms with Crippen molar-refractivity contribution in [3.63, 3.8) is 0 Å². The van der Waals surface area contributed by atoms with Crippen LogP contribution >= 0.6 is 0 Å². The molecule has 0 bridgehead atoms. The molecule has 7 heteroatoms. The summed E-state index contributed by atoms with van der Waals surface area (Å²) in [4.78, 5) is 14.6. The maximum absolute atomic E-state index is 14.2. The van der Waals surface area contributed by atoms with Crippen LogP contribution in [-0.2, 0) is 0 Å². The Hall–Kier alpha value is -4.65. The number of fused-ring (bicyclic) bond motifs is 6. The summed E-state index contributed by atoms with van der Waals surface area (Å²) < 4.78 is 32.1. The minimum Gasteiger partial charge on any atom is -0.292 e. The SMILES string of the molecule is Fc1cccc(-n2c3ccccc3c3nc4c5ncccc5n(-c5cccc(F)c5)c4nc32)c1. The van der Waals surface area contributed by atoms with Gasteiger partial charge in [-0.2, -0.15) is 0 Å². The van der Waals surface area contributed by atoms with E-state index in [1.54, 1.807) is 18.3 Å². The smallest absolute Gasteiger partial charge is 0.168 e. The first-order valence-electron chi connectivity index (χ1n) is 10.8. The summed E-state index contributed by atoms with van der Waals surface area (Å²) >= 11 is 0. The molecule has 162 valence electrons. The zero-order chi connectivity index (χ0) is 22.8. The third-order valence-corrected chi connectivity index (χ3v) is 6.07. The predicted molar refractivity (Wildman–Crippen MR) is 128 cm³/mol. The van der Waals surface area contributed by atoms with E-state index in [2.05, 4.69) is 4.98 Å². The van der Waals surface area contributed by atoms with Gasteiger partial charge < -0.3 is 0 Å². The molecule has 0 saturated heterocycles. The maximum atomic E-state index is 14.2. The van der Waals surface area contributed by atoms with Gasteiger partial charge in [0.2, 0.25) is 0 Å². The molecule has 7 aromatic rings. The summed E-state index contributed by atoms with van der Waals surface area (Å²) in [5, 5.41) is 0.902. The zero-order valence-electron chi connectivity index (χ0n) is 17.7. The number of para-hydroxylation sites is 1. The van der Waals surface area contributed by atoms with Crippen molar-refractivity contribution >= 4 is 44.3 Å². The second kappa shape index (κ2) is 6.92. The molecule has 3 aromatic carbocycles. The number of pyridine rings is 1. The number of hydrogen-bond donors (Lipinski definition) is 0. The third kappa shape index (κ3) is 2.61. The van der Waals surface area contributed by atoms with Gasteiger partial charge in [-0.25, -0.2) is 18.7 Å². The van der Waals surface area contributed by atoms with Gasteiger partial charge in [-0.05, 0) is 54.6 Å². The Labute approximate surface area is 191 Å². The van der Waals surface area contributed by atoms with Gasteiger partial charge in [-0.15, -0.1) is 0 Å². The molecule has 4 aromatic heterocycles. The molecule has 0 radical (unpaired) electrons. The first-order valence-corrected chi connectivity index (χ1v) is 10.8. The Morgan fingerprint density at radius 2 is 1.21 bits per heavy atom. The number of hydrogen-bond acceptors (Lipinski definition) is 3. The average molecular weight is 447 g/mol. The van der Waals surface area contributed by atoms with E-state index in [0.717, 1.165) is 16.4 Å². The van der Waals surface area contributed by atoms with E-state index in [0.29, 0.717) is 39.2 Å². The van der Waals surface area contributed by atoms with Crippen LogP contribution in [0, 0.1) is 11.6 Å². The van der Waals surface area contributed by atoms with Crippen molar-refractivity contribution in [1.29, 1.82) is 0 Å². The number of nitrogens with zero attached hydrogens (tertiary/aromatic N) is 5. The van der Waals surface area contributed by atoms with Crippen LogP contribution < -0.4 is 0 Å². The summed E-state index contributed by atoms with van der Waals surface area (Å²) in [5.41, 5.74) is 6.03. The monoisotopic (exact) mass is 447 g/mol. The van der Waals surface area contributed by atoms with Crippen molar-refractivity contribution in [3.05, 3.63) is 103 Å². The lowest BCUT2D eigenvalue weighted by molar-refractivity contribution is 0.626. The molecule has 0 atom stereocenters. The van der Waals surface area contributed by atoms with Gasteiger partial charge in [0.05, 0.1) is 22.4 Å². The van der Waals surface area contributed by atoms with Gasteiger partial charge in [0.25, 0.3) is 0 Å². The van der Waals surface area contributed by atoms with Crippen LogP contribution in [-0.4, -0.2) is 24.1 Å². The molecule has 0 aliphatic heterocycles. The van der Waals surface area contributed by atoms with E-state index in [9.17, 15) is 8.78 Å². The molecule has 0 N–H and O–H groups in total. The lowest BCUT2D eigenvalue weighted by Crippen LogP contribution is -2.00. The Bertz CT molecular complexity index is 1770. The van der Waals surface area contributed by atoms with Gasteiger partial charge in [0.15, 0.2) is 11.3 Å². The van der Waals surface area contributed by atoms with E-state index in [1.165, 1.54) is 24.3 Å². The number of benzene rings is 3. The van der Waals surface area contributed by atoms with E-state index in [-0.39, 0.29) is 11.6 Å². The normalized spacial score (nSPS) is 11.8. The van der Waals surface area contributed by atoms with Gasteiger partial charge in [-0.1, -0.05) is 30.3 Å². The van der Waals surface area contributed by atoms with Gasteiger partial charge in [0.1, 0.15) is 28.2 Å². The van der Waals surface area contributed by atoms with E-state index in [1.807, 2.05) is 57.7 Å². The van der Waals surface area contributed by atoms with Crippen molar-refractivity contribution < 1.29 is 8.78 Å². The lowest BCUT2D eigenvalue weighted by atomic mass is 10.2. The number of halogens is 2. The van der Waals surface area contributed by atoms with Crippen molar-refractivity contribution in [2.75, 3.05) is 0 Å². The summed E-state index contributed by atoms with van der Waals surface area (Å²) in [5.74, 6) is -0.685. The Kier molecular flexibility index (Phi) is 3.84. The standard InChI is InChI=1S/C27H15F2N5/c28-16-6-3-8-18(14-16)33-21-11-2-1-10-20(21)23-26(33)32-27-25(31-23)24-22(12-5-13-30-24)34(27)19-9-4-7-17(29)15-19/h1-15H. The highest BCUT2D eigenvalue weighted by molar-refractivity contribution is 6.11. The highest BCUT2D eigenvalue weighted by Gasteiger charge is 2.21. The lowest BCUT2D eigenvalue weighted by Gasteiger charge is -2.09. The van der Waals surface area contributed by atoms with Crippen molar-refractivity contribution in [2.24, 2.45) is 0 Å². The van der Waals surface area contributed by atoms with Crippen LogP contribution in [0.3, 0.4) is 0 Å². The average Bonchev–Trinajstić information content (AvgIpc) is 3.35. The summed E-state index contributed by atoms with van der Waals surface area (Å²) in [6.45, 7) is 0. The molecule has 0 aliphatic rings. The Balaban J connectivity index is 1.69. The summed E-state index contributed by atoms with van der Waals surface area (Å²) in [6.07, 6.45) is 1.71. The van der Waals surface area contributed by atoms with Crippen molar-refractivity contribution in [1.82, 2.24) is 24.1 Å². The summed E-state index contributed by atoms with van der Waals surface area (Å²) in [7, 11) is 0. The second-order valence-electron chi connectivity index (χ2n) is 8.09. The first-order chi connectivity index (χ1) is 16.7. The van der Waals surface area contributed by atoms with E-state index in [4.69, 9.17) is 9.97 Å². The molecule has 0 unspecified atom stereocenters. The fraction of sp³-hybridized carbons (Fsp3) is 0. The van der Waals surface area contributed by atoms with Gasteiger partial charge in [0, 0.05) is 11.6 Å². The molecule has 0 fully saturated rings. The summed E-state index contributed by atoms with van der Waals surface area (Å²) in [6, 6.07) is 24.3. The topological polar surface area (TPSA) is 48.5 Å². The molecule has 0 aliphatic carbocycles. The molecule has 0 spiro atoms. The first kappa shape index (κ1) is 18.9. The van der Waals surface area contributed by atoms with Crippen LogP contribution in [0.2, 0.25) is 0 Å². The number of rotatable bonds is 2. The van der Waals surface area contributed by atoms with E-state index < -0.39 is 0 Å². The largest absolute Gasteiger partial charge is 0.292 e.